The summed E-state index contributed by atoms with van der Waals surface area (Å²) in [5.41, 5.74) is 1.43. The molecular weight excluding hydrogens is 290 g/mol. The number of hydrogen-bond acceptors (Lipinski definition) is 3. The largest absolute Gasteiger partial charge is 0.338 e. The number of nitrogens with one attached hydrogen (secondary N) is 1. The van der Waals surface area contributed by atoms with E-state index in [1.54, 1.807) is 6.92 Å². The van der Waals surface area contributed by atoms with Gasteiger partial charge in [-0.15, -0.1) is 0 Å². The first-order valence-corrected chi connectivity index (χ1v) is 7.91. The quantitative estimate of drug-likeness (QED) is 0.591. The van der Waals surface area contributed by atoms with Crippen LogP contribution in [0.25, 0.3) is 0 Å². The maximum absolute atomic E-state index is 12.4. The lowest BCUT2D eigenvalue weighted by Crippen LogP contribution is -2.45. The molecule has 1 rings (SSSR count). The highest BCUT2D eigenvalue weighted by molar-refractivity contribution is 6.03. The van der Waals surface area contributed by atoms with Crippen molar-refractivity contribution in [3.05, 3.63) is 48.0 Å². The number of likely N-dealkylation sites (N-methyl/N-ethyl adjacent to an activating group) is 1. The van der Waals surface area contributed by atoms with E-state index in [0.29, 0.717) is 25.1 Å². The third kappa shape index (κ3) is 6.65. The Morgan fingerprint density at radius 1 is 1.17 bits per heavy atom. The van der Waals surface area contributed by atoms with Gasteiger partial charge in [-0.2, -0.15) is 0 Å². The van der Waals surface area contributed by atoms with Gasteiger partial charge in [0.05, 0.1) is 0 Å². The van der Waals surface area contributed by atoms with Crippen molar-refractivity contribution in [1.29, 1.82) is 0 Å². The van der Waals surface area contributed by atoms with Crippen LogP contribution in [0.1, 0.15) is 18.9 Å². The maximum atomic E-state index is 12.4. The van der Waals surface area contributed by atoms with Gasteiger partial charge in [0, 0.05) is 25.1 Å². The molecule has 0 atom stereocenters. The molecule has 1 aromatic carbocycles. The first-order chi connectivity index (χ1) is 11.0. The molecule has 0 aliphatic carbocycles. The van der Waals surface area contributed by atoms with Crippen molar-refractivity contribution in [2.45, 2.75) is 19.8 Å². The lowest BCUT2D eigenvalue weighted by molar-refractivity contribution is -0.124. The molecule has 1 aromatic rings. The predicted octanol–water partition coefficient (Wildman–Crippen LogP) is 2.30. The third-order valence-electron chi connectivity index (χ3n) is 3.43. The summed E-state index contributed by atoms with van der Waals surface area (Å²) in [6.45, 7) is 7.39. The number of carbonyl (C=O) groups is 2. The number of imide groups is 1. The van der Waals surface area contributed by atoms with Gasteiger partial charge in [0.2, 0.25) is 0 Å². The van der Waals surface area contributed by atoms with E-state index >= 15 is 0 Å². The summed E-state index contributed by atoms with van der Waals surface area (Å²) < 4.78 is 0. The fourth-order valence-electron chi connectivity index (χ4n) is 2.17. The average molecular weight is 317 g/mol. The number of hydrogen-bond donors (Lipinski definition) is 1. The zero-order valence-electron chi connectivity index (χ0n) is 14.3. The van der Waals surface area contributed by atoms with Crippen LogP contribution < -0.4 is 5.32 Å². The second kappa shape index (κ2) is 9.79. The van der Waals surface area contributed by atoms with E-state index in [1.165, 1.54) is 4.90 Å². The summed E-state index contributed by atoms with van der Waals surface area (Å²) in [7, 11) is 3.97. The summed E-state index contributed by atoms with van der Waals surface area (Å²) in [6.07, 6.45) is 1.29. The van der Waals surface area contributed by atoms with Crippen LogP contribution in [0.4, 0.5) is 4.79 Å². The number of amides is 3. The van der Waals surface area contributed by atoms with Gasteiger partial charge in [-0.3, -0.25) is 9.69 Å². The van der Waals surface area contributed by atoms with Crippen LogP contribution in [0.2, 0.25) is 0 Å². The summed E-state index contributed by atoms with van der Waals surface area (Å²) in [4.78, 5) is 27.8. The second-order valence-corrected chi connectivity index (χ2v) is 5.70. The van der Waals surface area contributed by atoms with Crippen molar-refractivity contribution in [2.24, 2.45) is 0 Å². The van der Waals surface area contributed by atoms with E-state index in [1.807, 2.05) is 44.4 Å². The first-order valence-electron chi connectivity index (χ1n) is 7.91. The Labute approximate surface area is 139 Å². The SMILES string of the molecule is C=C(Cc1ccccc1)C(=O)N(CC)C(=O)NCCCN(C)C. The Hall–Kier alpha value is -2.14. The van der Waals surface area contributed by atoms with Crippen molar-refractivity contribution in [2.75, 3.05) is 33.7 Å². The number of nitrogens with zero attached hydrogens (tertiary/aromatic N) is 2. The Bertz CT molecular complexity index is 526. The zero-order valence-corrected chi connectivity index (χ0v) is 14.3. The van der Waals surface area contributed by atoms with Crippen LogP contribution in [0.5, 0.6) is 0 Å². The minimum Gasteiger partial charge on any atom is -0.338 e. The van der Waals surface area contributed by atoms with Crippen LogP contribution in [-0.4, -0.2) is 55.5 Å². The Kier molecular flexibility index (Phi) is 8.05. The number of rotatable bonds is 8. The van der Waals surface area contributed by atoms with Gasteiger partial charge in [-0.25, -0.2) is 4.79 Å². The zero-order chi connectivity index (χ0) is 17.2. The topological polar surface area (TPSA) is 52.7 Å². The summed E-state index contributed by atoms with van der Waals surface area (Å²) >= 11 is 0. The monoisotopic (exact) mass is 317 g/mol. The van der Waals surface area contributed by atoms with Gasteiger partial charge in [-0.05, 0) is 39.5 Å². The fourth-order valence-corrected chi connectivity index (χ4v) is 2.17. The smallest absolute Gasteiger partial charge is 0.324 e. The third-order valence-corrected chi connectivity index (χ3v) is 3.43. The number of benzene rings is 1. The maximum Gasteiger partial charge on any atom is 0.324 e. The van der Waals surface area contributed by atoms with Crippen molar-refractivity contribution < 1.29 is 9.59 Å². The highest BCUT2D eigenvalue weighted by Crippen LogP contribution is 2.09. The molecular formula is C18H27N3O2. The van der Waals surface area contributed by atoms with Crippen molar-refractivity contribution in [3.8, 4) is 0 Å². The molecule has 23 heavy (non-hydrogen) atoms. The minimum atomic E-state index is -0.356. The summed E-state index contributed by atoms with van der Waals surface area (Å²) in [6, 6.07) is 9.29. The van der Waals surface area contributed by atoms with Gasteiger partial charge in [-0.1, -0.05) is 36.9 Å². The predicted molar refractivity (Wildman–Crippen MR) is 93.2 cm³/mol. The van der Waals surface area contributed by atoms with Gasteiger partial charge >= 0.3 is 6.03 Å². The molecule has 0 bridgehead atoms. The molecule has 5 heteroatoms. The highest BCUT2D eigenvalue weighted by Gasteiger charge is 2.21. The van der Waals surface area contributed by atoms with Crippen LogP contribution in [-0.2, 0) is 11.2 Å². The molecule has 0 aromatic heterocycles. The molecule has 0 unspecified atom stereocenters. The van der Waals surface area contributed by atoms with Gasteiger partial charge in [0.1, 0.15) is 0 Å². The second-order valence-electron chi connectivity index (χ2n) is 5.70. The van der Waals surface area contributed by atoms with E-state index < -0.39 is 0 Å². The highest BCUT2D eigenvalue weighted by atomic mass is 16.2. The molecule has 0 saturated carbocycles. The van der Waals surface area contributed by atoms with E-state index in [0.717, 1.165) is 18.5 Å². The van der Waals surface area contributed by atoms with Crippen LogP contribution in [0, 0.1) is 0 Å². The van der Waals surface area contributed by atoms with Crippen LogP contribution in [0.3, 0.4) is 0 Å². The van der Waals surface area contributed by atoms with E-state index in [2.05, 4.69) is 16.8 Å². The van der Waals surface area contributed by atoms with Crippen molar-refractivity contribution >= 4 is 11.9 Å². The molecule has 126 valence electrons. The summed E-state index contributed by atoms with van der Waals surface area (Å²) in [5.74, 6) is -0.318. The van der Waals surface area contributed by atoms with E-state index in [-0.39, 0.29) is 11.9 Å². The van der Waals surface area contributed by atoms with Gasteiger partial charge < -0.3 is 10.2 Å². The standard InChI is InChI=1S/C18H27N3O2/c1-5-21(18(23)19-12-9-13-20(3)4)17(22)15(2)14-16-10-7-6-8-11-16/h6-8,10-11H,2,5,9,12-14H2,1,3-4H3,(H,19,23). The van der Waals surface area contributed by atoms with Gasteiger partial charge in [0.15, 0.2) is 0 Å². The molecule has 0 aliphatic rings. The number of urea groups is 1. The van der Waals surface area contributed by atoms with E-state index in [9.17, 15) is 9.59 Å². The minimum absolute atomic E-state index is 0.318. The molecule has 0 fully saturated rings. The summed E-state index contributed by atoms with van der Waals surface area (Å²) in [5, 5.41) is 2.79. The van der Waals surface area contributed by atoms with Crippen molar-refractivity contribution in [3.63, 3.8) is 0 Å². The molecule has 0 aliphatic heterocycles. The Morgan fingerprint density at radius 3 is 2.39 bits per heavy atom. The molecule has 3 amide bonds. The molecule has 0 spiro atoms. The molecule has 0 radical (unpaired) electrons. The van der Waals surface area contributed by atoms with Crippen LogP contribution >= 0.6 is 0 Å². The van der Waals surface area contributed by atoms with Crippen LogP contribution in [0.15, 0.2) is 42.5 Å². The Morgan fingerprint density at radius 2 is 1.83 bits per heavy atom. The lowest BCUT2D eigenvalue weighted by Gasteiger charge is -2.21. The normalized spacial score (nSPS) is 10.4. The first kappa shape index (κ1) is 18.9. The Balaban J connectivity index is 2.53. The van der Waals surface area contributed by atoms with Gasteiger partial charge in [0.25, 0.3) is 5.91 Å². The van der Waals surface area contributed by atoms with Crippen molar-refractivity contribution in [1.82, 2.24) is 15.1 Å². The number of carbonyl (C=O) groups excluding carboxylic acids is 2. The molecule has 5 nitrogen and oxygen atoms in total. The fraction of sp³-hybridized carbons (Fsp3) is 0.444. The van der Waals surface area contributed by atoms with E-state index in [4.69, 9.17) is 0 Å². The average Bonchev–Trinajstić information content (AvgIpc) is 2.53. The molecule has 0 saturated heterocycles. The lowest BCUT2D eigenvalue weighted by atomic mass is 10.1. The molecule has 0 heterocycles. The molecule has 1 N–H and O–H groups in total.